The number of nitrogens with two attached hydrogens (primary N) is 1. The molecule has 3 heteroatoms. The van der Waals surface area contributed by atoms with Crippen LogP contribution in [0, 0.1) is 13.8 Å². The molecule has 1 heterocycles. The molecular weight excluding hydrogens is 234 g/mol. The second-order valence-electron chi connectivity index (χ2n) is 5.90. The molecule has 1 unspecified atom stereocenters. The Morgan fingerprint density at radius 3 is 2.42 bits per heavy atom. The summed E-state index contributed by atoms with van der Waals surface area (Å²) in [4.78, 5) is 4.95. The maximum atomic E-state index is 6.02. The van der Waals surface area contributed by atoms with Crippen LogP contribution in [0.4, 0.5) is 0 Å². The van der Waals surface area contributed by atoms with Crippen LogP contribution >= 0.6 is 0 Å². The van der Waals surface area contributed by atoms with Crippen molar-refractivity contribution in [2.75, 3.05) is 46.3 Å². The molecule has 1 aliphatic heterocycles. The molecule has 0 amide bonds. The Morgan fingerprint density at radius 2 is 1.84 bits per heavy atom. The summed E-state index contributed by atoms with van der Waals surface area (Å²) in [6, 6.07) is 6.73. The monoisotopic (exact) mass is 261 g/mol. The molecule has 0 bridgehead atoms. The number of nitrogens with zero attached hydrogens (tertiary/aromatic N) is 2. The summed E-state index contributed by atoms with van der Waals surface area (Å²) in [5.41, 5.74) is 10.2. The summed E-state index contributed by atoms with van der Waals surface area (Å²) in [7, 11) is 2.20. The van der Waals surface area contributed by atoms with Crippen molar-refractivity contribution in [3.05, 3.63) is 34.9 Å². The minimum absolute atomic E-state index is 0.462. The molecule has 2 rings (SSSR count). The van der Waals surface area contributed by atoms with Crippen molar-refractivity contribution in [2.45, 2.75) is 19.8 Å². The molecule has 2 N–H and O–H groups in total. The van der Waals surface area contributed by atoms with E-state index in [0.717, 1.165) is 26.2 Å². The summed E-state index contributed by atoms with van der Waals surface area (Å²) < 4.78 is 0. The van der Waals surface area contributed by atoms with Gasteiger partial charge in [-0.15, -0.1) is 0 Å². The molecule has 0 radical (unpaired) electrons. The van der Waals surface area contributed by atoms with Crippen LogP contribution in [-0.4, -0.2) is 56.1 Å². The molecule has 19 heavy (non-hydrogen) atoms. The first kappa shape index (κ1) is 14.5. The van der Waals surface area contributed by atoms with Gasteiger partial charge in [-0.1, -0.05) is 23.8 Å². The lowest BCUT2D eigenvalue weighted by atomic mass is 9.93. The van der Waals surface area contributed by atoms with E-state index in [0.29, 0.717) is 5.92 Å². The second kappa shape index (κ2) is 6.51. The first-order chi connectivity index (χ1) is 9.10. The third-order valence-electron chi connectivity index (χ3n) is 4.22. The van der Waals surface area contributed by atoms with Crippen molar-refractivity contribution in [3.8, 4) is 0 Å². The van der Waals surface area contributed by atoms with Gasteiger partial charge in [0.25, 0.3) is 0 Å². The summed E-state index contributed by atoms with van der Waals surface area (Å²) in [6.45, 7) is 10.8. The van der Waals surface area contributed by atoms with Crippen LogP contribution in [-0.2, 0) is 0 Å². The highest BCUT2D eigenvalue weighted by Crippen LogP contribution is 2.21. The number of hydrogen-bond acceptors (Lipinski definition) is 3. The third kappa shape index (κ3) is 3.78. The normalized spacial score (nSPS) is 19.6. The molecule has 1 saturated heterocycles. The summed E-state index contributed by atoms with van der Waals surface area (Å²) >= 11 is 0. The first-order valence-electron chi connectivity index (χ1n) is 7.28. The van der Waals surface area contributed by atoms with Crippen LogP contribution in [0.2, 0.25) is 0 Å². The Kier molecular flexibility index (Phi) is 4.97. The van der Waals surface area contributed by atoms with E-state index in [1.165, 1.54) is 29.8 Å². The Hall–Kier alpha value is -0.900. The lowest BCUT2D eigenvalue weighted by Gasteiger charge is -2.34. The summed E-state index contributed by atoms with van der Waals surface area (Å²) in [6.07, 6.45) is 0. The van der Waals surface area contributed by atoms with E-state index in [2.05, 4.69) is 48.9 Å². The molecule has 0 spiro atoms. The molecule has 1 aromatic carbocycles. The lowest BCUT2D eigenvalue weighted by Crippen LogP contribution is -2.46. The SMILES string of the molecule is Cc1ccc(C(CN)CN2CCN(C)CC2)c(C)c1. The zero-order valence-corrected chi connectivity index (χ0v) is 12.5. The fourth-order valence-electron chi connectivity index (χ4n) is 2.93. The van der Waals surface area contributed by atoms with Crippen molar-refractivity contribution in [1.29, 1.82) is 0 Å². The Labute approximate surface area is 117 Å². The average molecular weight is 261 g/mol. The first-order valence-corrected chi connectivity index (χ1v) is 7.28. The van der Waals surface area contributed by atoms with Gasteiger partial charge < -0.3 is 15.5 Å². The van der Waals surface area contributed by atoms with Crippen molar-refractivity contribution in [3.63, 3.8) is 0 Å². The number of benzene rings is 1. The molecule has 1 atom stereocenters. The van der Waals surface area contributed by atoms with Crippen LogP contribution in [0.15, 0.2) is 18.2 Å². The predicted octanol–water partition coefficient (Wildman–Crippen LogP) is 1.59. The van der Waals surface area contributed by atoms with Crippen LogP contribution in [0.1, 0.15) is 22.6 Å². The van der Waals surface area contributed by atoms with Gasteiger partial charge in [0.05, 0.1) is 0 Å². The smallest absolute Gasteiger partial charge is 0.0110 e. The lowest BCUT2D eigenvalue weighted by molar-refractivity contribution is 0.147. The molecule has 106 valence electrons. The Morgan fingerprint density at radius 1 is 1.16 bits per heavy atom. The van der Waals surface area contributed by atoms with E-state index < -0.39 is 0 Å². The topological polar surface area (TPSA) is 32.5 Å². The van der Waals surface area contributed by atoms with Crippen molar-refractivity contribution < 1.29 is 0 Å². The van der Waals surface area contributed by atoms with Gasteiger partial charge in [-0.05, 0) is 32.0 Å². The van der Waals surface area contributed by atoms with Crippen LogP contribution < -0.4 is 5.73 Å². The van der Waals surface area contributed by atoms with Gasteiger partial charge in [-0.25, -0.2) is 0 Å². The zero-order valence-electron chi connectivity index (χ0n) is 12.5. The number of hydrogen-bond donors (Lipinski definition) is 1. The Bertz CT molecular complexity index is 408. The van der Waals surface area contributed by atoms with Gasteiger partial charge in [0.15, 0.2) is 0 Å². The van der Waals surface area contributed by atoms with E-state index in [1.54, 1.807) is 0 Å². The quantitative estimate of drug-likeness (QED) is 0.893. The highest BCUT2D eigenvalue weighted by Gasteiger charge is 2.19. The highest BCUT2D eigenvalue weighted by molar-refractivity contribution is 5.33. The fourth-order valence-corrected chi connectivity index (χ4v) is 2.93. The molecule has 3 nitrogen and oxygen atoms in total. The standard InChI is InChI=1S/C16H27N3/c1-13-4-5-16(14(2)10-13)15(11-17)12-19-8-6-18(3)7-9-19/h4-5,10,15H,6-9,11-12,17H2,1-3H3. The number of piperazine rings is 1. The molecule has 1 fully saturated rings. The second-order valence-corrected chi connectivity index (χ2v) is 5.90. The maximum absolute atomic E-state index is 6.02. The fraction of sp³-hybridized carbons (Fsp3) is 0.625. The van der Waals surface area contributed by atoms with E-state index in [-0.39, 0.29) is 0 Å². The molecule has 0 aliphatic carbocycles. The van der Waals surface area contributed by atoms with E-state index in [9.17, 15) is 0 Å². The largest absolute Gasteiger partial charge is 0.330 e. The van der Waals surface area contributed by atoms with Gasteiger partial charge in [0.1, 0.15) is 0 Å². The van der Waals surface area contributed by atoms with E-state index in [4.69, 9.17) is 5.73 Å². The van der Waals surface area contributed by atoms with E-state index >= 15 is 0 Å². The summed E-state index contributed by atoms with van der Waals surface area (Å²) in [5, 5.41) is 0. The number of aryl methyl sites for hydroxylation is 2. The minimum Gasteiger partial charge on any atom is -0.330 e. The van der Waals surface area contributed by atoms with Crippen LogP contribution in [0.3, 0.4) is 0 Å². The minimum atomic E-state index is 0.462. The van der Waals surface area contributed by atoms with E-state index in [1.807, 2.05) is 0 Å². The van der Waals surface area contributed by atoms with Crippen molar-refractivity contribution in [2.24, 2.45) is 5.73 Å². The van der Waals surface area contributed by atoms with Gasteiger partial charge in [0.2, 0.25) is 0 Å². The highest BCUT2D eigenvalue weighted by atomic mass is 15.2. The molecule has 0 saturated carbocycles. The van der Waals surface area contributed by atoms with Gasteiger partial charge in [-0.3, -0.25) is 0 Å². The molecule has 1 aromatic rings. The molecular formula is C16H27N3. The van der Waals surface area contributed by atoms with Crippen molar-refractivity contribution >= 4 is 0 Å². The van der Waals surface area contributed by atoms with Crippen LogP contribution in [0.5, 0.6) is 0 Å². The third-order valence-corrected chi connectivity index (χ3v) is 4.22. The summed E-state index contributed by atoms with van der Waals surface area (Å²) in [5.74, 6) is 0.462. The average Bonchev–Trinajstić information content (AvgIpc) is 2.39. The number of likely N-dealkylation sites (N-methyl/N-ethyl adjacent to an activating group) is 1. The van der Waals surface area contributed by atoms with Gasteiger partial charge >= 0.3 is 0 Å². The van der Waals surface area contributed by atoms with Gasteiger partial charge in [0, 0.05) is 45.2 Å². The Balaban J connectivity index is 2.03. The molecule has 1 aliphatic rings. The zero-order chi connectivity index (χ0) is 13.8. The van der Waals surface area contributed by atoms with Crippen molar-refractivity contribution in [1.82, 2.24) is 9.80 Å². The number of rotatable bonds is 4. The molecule has 0 aromatic heterocycles. The van der Waals surface area contributed by atoms with Gasteiger partial charge in [-0.2, -0.15) is 0 Å². The van der Waals surface area contributed by atoms with Crippen LogP contribution in [0.25, 0.3) is 0 Å². The predicted molar refractivity (Wildman–Crippen MR) is 81.6 cm³/mol. The maximum Gasteiger partial charge on any atom is 0.0110 e.